The summed E-state index contributed by atoms with van der Waals surface area (Å²) in [6.45, 7) is 3.92. The zero-order valence-corrected chi connectivity index (χ0v) is 8.87. The highest BCUT2D eigenvalue weighted by Crippen LogP contribution is 2.23. The Morgan fingerprint density at radius 3 is 2.71 bits per heavy atom. The van der Waals surface area contributed by atoms with Gasteiger partial charge in [0.1, 0.15) is 5.82 Å². The normalized spacial score (nSPS) is 9.93. The van der Waals surface area contributed by atoms with Gasteiger partial charge in [-0.25, -0.2) is 8.78 Å². The third-order valence-electron chi connectivity index (χ3n) is 1.56. The summed E-state index contributed by atoms with van der Waals surface area (Å²) in [7, 11) is 0. The third kappa shape index (κ3) is 2.70. The van der Waals surface area contributed by atoms with Crippen molar-refractivity contribution in [3.05, 3.63) is 34.8 Å². The summed E-state index contributed by atoms with van der Waals surface area (Å²) in [6.07, 6.45) is 0. The maximum absolute atomic E-state index is 12.9. The zero-order valence-electron chi connectivity index (χ0n) is 7.28. The smallest absolute Gasteiger partial charge is 0.151 e. The molecule has 0 aromatic heterocycles. The summed E-state index contributed by atoms with van der Waals surface area (Å²) in [4.78, 5) is 0. The van der Waals surface area contributed by atoms with Gasteiger partial charge in [0.2, 0.25) is 0 Å². The Hall–Kier alpha value is -1.10. The molecule has 0 aliphatic rings. The molecule has 76 valence electrons. The molecule has 0 atom stereocenters. The van der Waals surface area contributed by atoms with Crippen LogP contribution in [0.3, 0.4) is 0 Å². The van der Waals surface area contributed by atoms with Crippen LogP contribution < -0.4 is 11.1 Å². The van der Waals surface area contributed by atoms with Crippen LogP contribution in [0.5, 0.6) is 0 Å². The number of anilines is 2. The van der Waals surface area contributed by atoms with Crippen LogP contribution in [0.15, 0.2) is 23.2 Å². The van der Waals surface area contributed by atoms with Crippen molar-refractivity contribution in [1.29, 1.82) is 0 Å². The lowest BCUT2D eigenvalue weighted by atomic mass is 10.2. The van der Waals surface area contributed by atoms with Gasteiger partial charge in [-0.05, 0) is 6.07 Å². The molecule has 0 radical (unpaired) electrons. The van der Waals surface area contributed by atoms with E-state index in [2.05, 4.69) is 27.8 Å². The van der Waals surface area contributed by atoms with E-state index in [0.29, 0.717) is 11.0 Å². The number of nitrogens with two attached hydrogens (primary N) is 1. The minimum Gasteiger partial charge on any atom is -0.395 e. The summed E-state index contributed by atoms with van der Waals surface area (Å²) >= 11 is 3.11. The van der Waals surface area contributed by atoms with Crippen LogP contribution in [0, 0.1) is 11.6 Å². The highest BCUT2D eigenvalue weighted by molar-refractivity contribution is 9.11. The maximum atomic E-state index is 12.9. The van der Waals surface area contributed by atoms with E-state index in [9.17, 15) is 8.78 Å². The first-order chi connectivity index (χ1) is 6.50. The van der Waals surface area contributed by atoms with Crippen molar-refractivity contribution in [2.24, 2.45) is 0 Å². The minimum absolute atomic E-state index is 0.0971. The van der Waals surface area contributed by atoms with Gasteiger partial charge in [-0.1, -0.05) is 22.5 Å². The van der Waals surface area contributed by atoms with E-state index in [0.717, 1.165) is 12.1 Å². The Morgan fingerprint density at radius 2 is 2.14 bits per heavy atom. The molecular weight excluding hydrogens is 254 g/mol. The van der Waals surface area contributed by atoms with Crippen LogP contribution >= 0.6 is 15.9 Å². The number of nitrogens with one attached hydrogen (secondary N) is 1. The molecule has 1 aromatic rings. The number of benzene rings is 1. The van der Waals surface area contributed by atoms with Crippen LogP contribution in [-0.4, -0.2) is 6.54 Å². The molecule has 5 heteroatoms. The molecule has 0 heterocycles. The largest absolute Gasteiger partial charge is 0.395 e. The lowest BCUT2D eigenvalue weighted by Crippen LogP contribution is -2.05. The second kappa shape index (κ2) is 4.41. The number of nitrogen functional groups attached to an aromatic ring is 1. The molecule has 0 aliphatic carbocycles. The van der Waals surface area contributed by atoms with Gasteiger partial charge >= 0.3 is 0 Å². The van der Waals surface area contributed by atoms with Crippen molar-refractivity contribution in [3.8, 4) is 0 Å². The van der Waals surface area contributed by atoms with Gasteiger partial charge in [0.15, 0.2) is 5.82 Å². The number of halogens is 3. The average molecular weight is 263 g/mol. The highest BCUT2D eigenvalue weighted by atomic mass is 79.9. The van der Waals surface area contributed by atoms with Crippen LogP contribution in [0.2, 0.25) is 0 Å². The first-order valence-electron chi connectivity index (χ1n) is 3.82. The Balaban J connectivity index is 2.90. The van der Waals surface area contributed by atoms with Crippen molar-refractivity contribution in [2.75, 3.05) is 17.6 Å². The molecule has 0 saturated heterocycles. The molecule has 0 amide bonds. The highest BCUT2D eigenvalue weighted by Gasteiger charge is 2.07. The first kappa shape index (κ1) is 11.0. The number of hydrogen-bond acceptors (Lipinski definition) is 2. The van der Waals surface area contributed by atoms with Crippen LogP contribution in [0.4, 0.5) is 20.2 Å². The maximum Gasteiger partial charge on any atom is 0.151 e. The molecule has 0 spiro atoms. The fourth-order valence-electron chi connectivity index (χ4n) is 0.922. The SMILES string of the molecule is C=C(Br)CNc1cc(F)cc(F)c1N. The summed E-state index contributed by atoms with van der Waals surface area (Å²) in [5.41, 5.74) is 5.52. The van der Waals surface area contributed by atoms with Crippen molar-refractivity contribution in [3.63, 3.8) is 0 Å². The average Bonchev–Trinajstić information content (AvgIpc) is 2.08. The first-order valence-corrected chi connectivity index (χ1v) is 4.61. The van der Waals surface area contributed by atoms with E-state index in [1.807, 2.05) is 0 Å². The van der Waals surface area contributed by atoms with Gasteiger partial charge in [0, 0.05) is 17.1 Å². The van der Waals surface area contributed by atoms with Crippen LogP contribution in [0.1, 0.15) is 0 Å². The van der Waals surface area contributed by atoms with Crippen molar-refractivity contribution >= 4 is 27.3 Å². The molecule has 1 rings (SSSR count). The predicted octanol–water partition coefficient (Wildman–Crippen LogP) is 2.87. The molecule has 0 fully saturated rings. The lowest BCUT2D eigenvalue weighted by molar-refractivity contribution is 0.587. The Kier molecular flexibility index (Phi) is 3.46. The quantitative estimate of drug-likeness (QED) is 0.823. The summed E-state index contributed by atoms with van der Waals surface area (Å²) in [5, 5.41) is 2.74. The van der Waals surface area contributed by atoms with Gasteiger partial charge < -0.3 is 11.1 Å². The molecule has 0 bridgehead atoms. The van der Waals surface area contributed by atoms with E-state index in [-0.39, 0.29) is 11.4 Å². The van der Waals surface area contributed by atoms with E-state index in [1.54, 1.807) is 0 Å². The third-order valence-corrected chi connectivity index (χ3v) is 1.85. The Bertz CT molecular complexity index is 366. The Morgan fingerprint density at radius 1 is 1.50 bits per heavy atom. The lowest BCUT2D eigenvalue weighted by Gasteiger charge is -2.09. The van der Waals surface area contributed by atoms with Gasteiger partial charge in [0.25, 0.3) is 0 Å². The van der Waals surface area contributed by atoms with Crippen molar-refractivity contribution < 1.29 is 8.78 Å². The topological polar surface area (TPSA) is 38.0 Å². The summed E-state index contributed by atoms with van der Waals surface area (Å²) in [6, 6.07) is 1.87. The molecule has 0 aliphatic heterocycles. The van der Waals surface area contributed by atoms with E-state index < -0.39 is 11.6 Å². The van der Waals surface area contributed by atoms with Gasteiger partial charge in [-0.15, -0.1) is 0 Å². The fraction of sp³-hybridized carbons (Fsp3) is 0.111. The molecule has 3 N–H and O–H groups in total. The monoisotopic (exact) mass is 262 g/mol. The molecule has 0 unspecified atom stereocenters. The van der Waals surface area contributed by atoms with Crippen molar-refractivity contribution in [2.45, 2.75) is 0 Å². The Labute approximate surface area is 88.9 Å². The zero-order chi connectivity index (χ0) is 10.7. The fourth-order valence-corrected chi connectivity index (χ4v) is 1.06. The van der Waals surface area contributed by atoms with E-state index in [1.165, 1.54) is 0 Å². The molecule has 1 aromatic carbocycles. The summed E-state index contributed by atoms with van der Waals surface area (Å²) in [5.74, 6) is -1.44. The van der Waals surface area contributed by atoms with E-state index >= 15 is 0 Å². The summed E-state index contributed by atoms with van der Waals surface area (Å²) < 4.78 is 26.4. The molecule has 14 heavy (non-hydrogen) atoms. The van der Waals surface area contributed by atoms with Crippen molar-refractivity contribution in [1.82, 2.24) is 0 Å². The number of hydrogen-bond donors (Lipinski definition) is 2. The van der Waals surface area contributed by atoms with Gasteiger partial charge in [-0.2, -0.15) is 0 Å². The van der Waals surface area contributed by atoms with Crippen LogP contribution in [-0.2, 0) is 0 Å². The second-order valence-corrected chi connectivity index (χ2v) is 3.84. The second-order valence-electron chi connectivity index (χ2n) is 2.72. The van der Waals surface area contributed by atoms with Gasteiger partial charge in [-0.3, -0.25) is 0 Å². The van der Waals surface area contributed by atoms with Crippen LogP contribution in [0.25, 0.3) is 0 Å². The minimum atomic E-state index is -0.771. The molecule has 2 nitrogen and oxygen atoms in total. The molecule has 0 saturated carbocycles. The molecular formula is C9H9BrF2N2. The van der Waals surface area contributed by atoms with E-state index in [4.69, 9.17) is 5.73 Å². The number of rotatable bonds is 3. The van der Waals surface area contributed by atoms with Gasteiger partial charge in [0.05, 0.1) is 11.4 Å². The predicted molar refractivity (Wildman–Crippen MR) is 57.3 cm³/mol. The standard InChI is InChI=1S/C9H9BrF2N2/c1-5(10)4-14-8-3-6(11)2-7(12)9(8)13/h2-3,14H,1,4,13H2.